The van der Waals surface area contributed by atoms with Crippen LogP contribution in [0.3, 0.4) is 0 Å². The average molecular weight is 203 g/mol. The van der Waals surface area contributed by atoms with Gasteiger partial charge in [-0.25, -0.2) is 0 Å². The van der Waals surface area contributed by atoms with E-state index < -0.39 is 0 Å². The largest absolute Gasteiger partial charge is 0.481 e. The van der Waals surface area contributed by atoms with Crippen LogP contribution in [0.1, 0.15) is 5.56 Å². The van der Waals surface area contributed by atoms with Crippen molar-refractivity contribution in [2.24, 2.45) is 0 Å². The molecule has 0 fully saturated rings. The highest BCUT2D eigenvalue weighted by Crippen LogP contribution is 2.27. The van der Waals surface area contributed by atoms with Gasteiger partial charge in [-0.15, -0.1) is 0 Å². The number of benzene rings is 1. The van der Waals surface area contributed by atoms with Gasteiger partial charge in [-0.2, -0.15) is 5.06 Å². The van der Waals surface area contributed by atoms with Crippen molar-refractivity contribution in [1.82, 2.24) is 0 Å². The molecule has 0 amide bonds. The van der Waals surface area contributed by atoms with Crippen molar-refractivity contribution < 1.29 is 9.57 Å². The molecular weight excluding hydrogens is 190 g/mol. The smallest absolute Gasteiger partial charge is 0.218 e. The lowest BCUT2D eigenvalue weighted by Crippen LogP contribution is -2.22. The van der Waals surface area contributed by atoms with E-state index in [2.05, 4.69) is 0 Å². The van der Waals surface area contributed by atoms with Crippen LogP contribution in [0, 0.1) is 0 Å². The fraction of sp³-hybridized carbons (Fsp3) is 0.167. The highest BCUT2D eigenvalue weighted by Gasteiger charge is 2.16. The SMILES string of the molecule is COC1=CC=Cc2ccccc2N1OC. The molecule has 1 aromatic carbocycles. The molecule has 0 aromatic heterocycles. The van der Waals surface area contributed by atoms with Crippen LogP contribution in [0.4, 0.5) is 5.69 Å². The summed E-state index contributed by atoms with van der Waals surface area (Å²) in [6.07, 6.45) is 5.83. The average Bonchev–Trinajstić information content (AvgIpc) is 2.47. The zero-order chi connectivity index (χ0) is 10.7. The molecule has 0 atom stereocenters. The highest BCUT2D eigenvalue weighted by atomic mass is 16.7. The minimum absolute atomic E-state index is 0.665. The first kappa shape index (κ1) is 9.80. The first-order valence-corrected chi connectivity index (χ1v) is 4.72. The Morgan fingerprint density at radius 2 is 1.93 bits per heavy atom. The predicted molar refractivity (Wildman–Crippen MR) is 60.1 cm³/mol. The van der Waals surface area contributed by atoms with Gasteiger partial charge in [-0.05, 0) is 6.07 Å². The van der Waals surface area contributed by atoms with Crippen molar-refractivity contribution in [3.63, 3.8) is 0 Å². The number of ether oxygens (including phenoxy) is 1. The zero-order valence-corrected chi connectivity index (χ0v) is 8.81. The summed E-state index contributed by atoms with van der Waals surface area (Å²) in [6.45, 7) is 0. The van der Waals surface area contributed by atoms with E-state index in [0.29, 0.717) is 5.88 Å². The molecule has 1 aliphatic heterocycles. The molecule has 0 saturated heterocycles. The van der Waals surface area contributed by atoms with Crippen molar-refractivity contribution in [3.8, 4) is 0 Å². The molecule has 1 aromatic rings. The molecule has 1 heterocycles. The van der Waals surface area contributed by atoms with Crippen LogP contribution in [0.2, 0.25) is 0 Å². The number of para-hydroxylation sites is 1. The van der Waals surface area contributed by atoms with Crippen LogP contribution < -0.4 is 5.06 Å². The molecule has 0 unspecified atom stereocenters. The normalized spacial score (nSPS) is 14.3. The van der Waals surface area contributed by atoms with E-state index in [0.717, 1.165) is 11.3 Å². The van der Waals surface area contributed by atoms with Crippen molar-refractivity contribution >= 4 is 11.8 Å². The number of hydrogen-bond acceptors (Lipinski definition) is 3. The van der Waals surface area contributed by atoms with Gasteiger partial charge in [0.1, 0.15) is 0 Å². The van der Waals surface area contributed by atoms with Gasteiger partial charge in [-0.1, -0.05) is 30.4 Å². The molecular formula is C12H13NO2. The number of rotatable bonds is 2. The maximum absolute atomic E-state index is 5.30. The molecule has 3 heteroatoms. The van der Waals surface area contributed by atoms with Crippen molar-refractivity contribution in [3.05, 3.63) is 47.9 Å². The van der Waals surface area contributed by atoms with E-state index in [9.17, 15) is 0 Å². The van der Waals surface area contributed by atoms with Crippen LogP contribution in [0.15, 0.2) is 42.3 Å². The summed E-state index contributed by atoms with van der Waals surface area (Å²) in [7, 11) is 3.24. The molecule has 1 aliphatic rings. The summed E-state index contributed by atoms with van der Waals surface area (Å²) in [5.74, 6) is 0.665. The topological polar surface area (TPSA) is 21.7 Å². The van der Waals surface area contributed by atoms with Gasteiger partial charge >= 0.3 is 0 Å². The summed E-state index contributed by atoms with van der Waals surface area (Å²) < 4.78 is 5.24. The van der Waals surface area contributed by atoms with E-state index in [1.165, 1.54) is 0 Å². The molecule has 0 spiro atoms. The summed E-state index contributed by atoms with van der Waals surface area (Å²) in [6, 6.07) is 7.98. The van der Waals surface area contributed by atoms with Gasteiger partial charge in [0.05, 0.1) is 19.9 Å². The van der Waals surface area contributed by atoms with Gasteiger partial charge in [-0.3, -0.25) is 4.84 Å². The number of nitrogens with zero attached hydrogens (tertiary/aromatic N) is 1. The first-order chi connectivity index (χ1) is 7.36. The Morgan fingerprint density at radius 3 is 2.67 bits per heavy atom. The number of hydroxylamine groups is 1. The van der Waals surface area contributed by atoms with Crippen LogP contribution in [-0.4, -0.2) is 14.2 Å². The fourth-order valence-corrected chi connectivity index (χ4v) is 1.57. The molecule has 15 heavy (non-hydrogen) atoms. The molecule has 0 radical (unpaired) electrons. The first-order valence-electron chi connectivity index (χ1n) is 4.72. The number of methoxy groups -OCH3 is 1. The quantitative estimate of drug-likeness (QED) is 0.737. The second kappa shape index (κ2) is 4.19. The Bertz CT molecular complexity index is 410. The molecule has 0 saturated carbocycles. The van der Waals surface area contributed by atoms with E-state index >= 15 is 0 Å². The van der Waals surface area contributed by atoms with Gasteiger partial charge in [0.25, 0.3) is 0 Å². The van der Waals surface area contributed by atoms with Crippen LogP contribution in [0.5, 0.6) is 0 Å². The molecule has 3 nitrogen and oxygen atoms in total. The summed E-state index contributed by atoms with van der Waals surface area (Å²) >= 11 is 0. The third-order valence-corrected chi connectivity index (χ3v) is 2.26. The van der Waals surface area contributed by atoms with E-state index in [1.54, 1.807) is 19.3 Å². The maximum Gasteiger partial charge on any atom is 0.218 e. The van der Waals surface area contributed by atoms with E-state index in [1.807, 2.05) is 42.5 Å². The Morgan fingerprint density at radius 1 is 1.13 bits per heavy atom. The third kappa shape index (κ3) is 1.74. The summed E-state index contributed by atoms with van der Waals surface area (Å²) in [4.78, 5) is 5.30. The van der Waals surface area contributed by atoms with Crippen LogP contribution >= 0.6 is 0 Å². The summed E-state index contributed by atoms with van der Waals surface area (Å²) in [5.41, 5.74) is 2.07. The minimum atomic E-state index is 0.665. The Kier molecular flexibility index (Phi) is 2.74. The van der Waals surface area contributed by atoms with Crippen molar-refractivity contribution in [1.29, 1.82) is 0 Å². The Hall–Kier alpha value is -1.74. The molecule has 0 bridgehead atoms. The van der Waals surface area contributed by atoms with Crippen LogP contribution in [-0.2, 0) is 9.57 Å². The molecule has 0 N–H and O–H groups in total. The van der Waals surface area contributed by atoms with E-state index in [-0.39, 0.29) is 0 Å². The highest BCUT2D eigenvalue weighted by molar-refractivity contribution is 5.70. The van der Waals surface area contributed by atoms with Crippen molar-refractivity contribution in [2.75, 3.05) is 19.3 Å². The second-order valence-corrected chi connectivity index (χ2v) is 3.10. The van der Waals surface area contributed by atoms with Crippen LogP contribution in [0.25, 0.3) is 6.08 Å². The minimum Gasteiger partial charge on any atom is -0.481 e. The van der Waals surface area contributed by atoms with Gasteiger partial charge < -0.3 is 4.74 Å². The predicted octanol–water partition coefficient (Wildman–Crippen LogP) is 2.57. The Labute approximate surface area is 89.2 Å². The van der Waals surface area contributed by atoms with Gasteiger partial charge in [0, 0.05) is 11.6 Å². The molecule has 78 valence electrons. The van der Waals surface area contributed by atoms with E-state index in [4.69, 9.17) is 9.57 Å². The lowest BCUT2D eigenvalue weighted by atomic mass is 10.2. The van der Waals surface area contributed by atoms with Gasteiger partial charge in [0.15, 0.2) is 0 Å². The number of anilines is 1. The standard InChI is InChI=1S/C12H13NO2/c1-14-12-9-5-7-10-6-3-4-8-11(10)13(12)15-2/h3-9H,1-2H3. The Balaban J connectivity index is 2.50. The number of hydrogen-bond donors (Lipinski definition) is 0. The second-order valence-electron chi connectivity index (χ2n) is 3.10. The third-order valence-electron chi connectivity index (χ3n) is 2.26. The zero-order valence-electron chi connectivity index (χ0n) is 8.81. The number of fused-ring (bicyclic) bond motifs is 1. The lowest BCUT2D eigenvalue weighted by molar-refractivity contribution is 0.128. The summed E-state index contributed by atoms with van der Waals surface area (Å²) in [5, 5.41) is 1.66. The van der Waals surface area contributed by atoms with Crippen molar-refractivity contribution in [2.45, 2.75) is 0 Å². The molecule has 0 aliphatic carbocycles. The lowest BCUT2D eigenvalue weighted by Gasteiger charge is -2.23. The fourth-order valence-electron chi connectivity index (χ4n) is 1.57. The van der Waals surface area contributed by atoms with Gasteiger partial charge in [0.2, 0.25) is 5.88 Å². The monoisotopic (exact) mass is 203 g/mol. The molecule has 2 rings (SSSR count). The maximum atomic E-state index is 5.30. The number of allylic oxidation sites excluding steroid dienone is 2.